The van der Waals surface area contributed by atoms with Gasteiger partial charge in [0, 0.05) is 0 Å². The molecule has 2 rings (SSSR count). The predicted molar refractivity (Wildman–Crippen MR) is 94.0 cm³/mol. The average molecular weight is 311 g/mol. The fourth-order valence-electron chi connectivity index (χ4n) is 2.59. The van der Waals surface area contributed by atoms with Crippen LogP contribution in [0.3, 0.4) is 0 Å². The molecule has 0 radical (unpaired) electrons. The van der Waals surface area contributed by atoms with E-state index in [0.29, 0.717) is 11.3 Å². The fourth-order valence-corrected chi connectivity index (χ4v) is 2.59. The minimum absolute atomic E-state index is 0.0281. The number of amides is 1. The van der Waals surface area contributed by atoms with Gasteiger partial charge < -0.3 is 10.1 Å². The molecule has 0 aliphatic heterocycles. The van der Waals surface area contributed by atoms with Gasteiger partial charge in [0.15, 0.2) is 0 Å². The lowest BCUT2D eigenvalue weighted by Gasteiger charge is -2.19. The topological polar surface area (TPSA) is 38.3 Å². The van der Waals surface area contributed by atoms with Crippen molar-refractivity contribution in [1.82, 2.24) is 5.32 Å². The summed E-state index contributed by atoms with van der Waals surface area (Å²) in [5.74, 6) is 0.503. The molecular formula is C20H25NO2. The van der Waals surface area contributed by atoms with E-state index in [9.17, 15) is 4.79 Å². The Balaban J connectivity index is 2.20. The maximum atomic E-state index is 12.6. The van der Waals surface area contributed by atoms with Gasteiger partial charge in [-0.2, -0.15) is 0 Å². The van der Waals surface area contributed by atoms with Gasteiger partial charge in [-0.25, -0.2) is 0 Å². The second-order valence-corrected chi connectivity index (χ2v) is 6.22. The molecule has 1 atom stereocenters. The van der Waals surface area contributed by atoms with E-state index < -0.39 is 0 Å². The van der Waals surface area contributed by atoms with Crippen LogP contribution in [-0.4, -0.2) is 12.0 Å². The maximum absolute atomic E-state index is 12.6. The minimum Gasteiger partial charge on any atom is -0.490 e. The van der Waals surface area contributed by atoms with Gasteiger partial charge in [-0.1, -0.05) is 35.9 Å². The third-order valence-electron chi connectivity index (χ3n) is 3.74. The minimum atomic E-state index is -0.116. The Morgan fingerprint density at radius 1 is 1.04 bits per heavy atom. The van der Waals surface area contributed by atoms with Crippen LogP contribution in [0, 0.1) is 13.8 Å². The van der Waals surface area contributed by atoms with Gasteiger partial charge in [-0.05, 0) is 57.9 Å². The van der Waals surface area contributed by atoms with Gasteiger partial charge in [-0.3, -0.25) is 4.79 Å². The van der Waals surface area contributed by atoms with Crippen LogP contribution in [0.1, 0.15) is 53.9 Å². The highest BCUT2D eigenvalue weighted by Gasteiger charge is 2.17. The first-order chi connectivity index (χ1) is 10.9. The monoisotopic (exact) mass is 311 g/mol. The SMILES string of the molecule is Cc1ccc(C)c([C@@H](C)NC(=O)c2ccccc2OC(C)C)c1. The number of hydrogen-bond acceptors (Lipinski definition) is 2. The number of hydrogen-bond donors (Lipinski definition) is 1. The number of carbonyl (C=O) groups is 1. The number of aryl methyl sites for hydroxylation is 2. The van der Waals surface area contributed by atoms with Crippen molar-refractivity contribution in [1.29, 1.82) is 0 Å². The van der Waals surface area contributed by atoms with E-state index in [0.717, 1.165) is 5.56 Å². The number of ether oxygens (including phenoxy) is 1. The zero-order valence-electron chi connectivity index (χ0n) is 14.5. The normalized spacial score (nSPS) is 12.1. The van der Waals surface area contributed by atoms with Crippen LogP contribution in [0.15, 0.2) is 42.5 Å². The molecule has 23 heavy (non-hydrogen) atoms. The second-order valence-electron chi connectivity index (χ2n) is 6.22. The first kappa shape index (κ1) is 17.1. The van der Waals surface area contributed by atoms with Crippen LogP contribution in [0.5, 0.6) is 5.75 Å². The molecule has 0 unspecified atom stereocenters. The van der Waals surface area contributed by atoms with Crippen molar-refractivity contribution in [3.63, 3.8) is 0 Å². The highest BCUT2D eigenvalue weighted by molar-refractivity contribution is 5.97. The summed E-state index contributed by atoms with van der Waals surface area (Å²) in [7, 11) is 0. The average Bonchev–Trinajstić information content (AvgIpc) is 2.49. The molecule has 0 bridgehead atoms. The third kappa shape index (κ3) is 4.35. The Kier molecular flexibility index (Phi) is 5.43. The summed E-state index contributed by atoms with van der Waals surface area (Å²) in [6.45, 7) is 10.0. The molecule has 1 amide bonds. The largest absolute Gasteiger partial charge is 0.490 e. The molecule has 2 aromatic rings. The van der Waals surface area contributed by atoms with Crippen molar-refractivity contribution in [3.8, 4) is 5.75 Å². The van der Waals surface area contributed by atoms with E-state index in [2.05, 4.69) is 37.4 Å². The molecule has 0 aliphatic carbocycles. The summed E-state index contributed by atoms with van der Waals surface area (Å²) < 4.78 is 5.74. The third-order valence-corrected chi connectivity index (χ3v) is 3.74. The smallest absolute Gasteiger partial charge is 0.255 e. The van der Waals surface area contributed by atoms with Gasteiger partial charge in [0.2, 0.25) is 0 Å². The summed E-state index contributed by atoms with van der Waals surface area (Å²) >= 11 is 0. The number of carbonyl (C=O) groups excluding carboxylic acids is 1. The zero-order chi connectivity index (χ0) is 17.0. The highest BCUT2D eigenvalue weighted by Crippen LogP contribution is 2.22. The molecule has 122 valence electrons. The van der Waals surface area contributed by atoms with Crippen molar-refractivity contribution in [2.75, 3.05) is 0 Å². The Morgan fingerprint density at radius 3 is 2.43 bits per heavy atom. The Hall–Kier alpha value is -2.29. The Bertz CT molecular complexity index is 692. The molecule has 3 heteroatoms. The molecule has 0 spiro atoms. The summed E-state index contributed by atoms with van der Waals surface area (Å²) in [6.07, 6.45) is 0.0281. The van der Waals surface area contributed by atoms with Crippen molar-refractivity contribution in [2.24, 2.45) is 0 Å². The number of rotatable bonds is 5. The zero-order valence-corrected chi connectivity index (χ0v) is 14.5. The number of nitrogens with one attached hydrogen (secondary N) is 1. The van der Waals surface area contributed by atoms with Gasteiger partial charge in [0.25, 0.3) is 5.91 Å². The van der Waals surface area contributed by atoms with Crippen molar-refractivity contribution < 1.29 is 9.53 Å². The molecule has 0 heterocycles. The number of para-hydroxylation sites is 1. The van der Waals surface area contributed by atoms with Crippen LogP contribution >= 0.6 is 0 Å². The van der Waals surface area contributed by atoms with E-state index in [1.54, 1.807) is 6.07 Å². The van der Waals surface area contributed by atoms with Crippen molar-refractivity contribution in [2.45, 2.75) is 46.8 Å². The summed E-state index contributed by atoms with van der Waals surface area (Å²) in [4.78, 5) is 12.6. The Morgan fingerprint density at radius 2 is 1.74 bits per heavy atom. The summed E-state index contributed by atoms with van der Waals surface area (Å²) in [5, 5.41) is 3.08. The van der Waals surface area contributed by atoms with Crippen LogP contribution in [-0.2, 0) is 0 Å². The lowest BCUT2D eigenvalue weighted by molar-refractivity contribution is 0.0934. The van der Waals surface area contributed by atoms with Crippen molar-refractivity contribution >= 4 is 5.91 Å². The fraction of sp³-hybridized carbons (Fsp3) is 0.350. The highest BCUT2D eigenvalue weighted by atomic mass is 16.5. The quantitative estimate of drug-likeness (QED) is 0.877. The first-order valence-electron chi connectivity index (χ1n) is 8.02. The molecule has 0 saturated carbocycles. The Labute approximate surface area is 138 Å². The van der Waals surface area contributed by atoms with E-state index in [-0.39, 0.29) is 18.1 Å². The van der Waals surface area contributed by atoms with E-state index >= 15 is 0 Å². The summed E-state index contributed by atoms with van der Waals surface area (Å²) in [6, 6.07) is 13.6. The van der Waals surface area contributed by atoms with E-state index in [4.69, 9.17) is 4.74 Å². The molecule has 0 aromatic heterocycles. The van der Waals surface area contributed by atoms with Gasteiger partial charge in [0.1, 0.15) is 5.75 Å². The lowest BCUT2D eigenvalue weighted by Crippen LogP contribution is -2.28. The molecule has 0 aliphatic rings. The van der Waals surface area contributed by atoms with Crippen LogP contribution in [0.2, 0.25) is 0 Å². The maximum Gasteiger partial charge on any atom is 0.255 e. The lowest BCUT2D eigenvalue weighted by atomic mass is 9.99. The summed E-state index contributed by atoms with van der Waals surface area (Å²) in [5.41, 5.74) is 4.07. The van der Waals surface area contributed by atoms with Gasteiger partial charge >= 0.3 is 0 Å². The molecule has 3 nitrogen and oxygen atoms in total. The molecule has 0 fully saturated rings. The molecular weight excluding hydrogens is 286 g/mol. The second kappa shape index (κ2) is 7.32. The van der Waals surface area contributed by atoms with Gasteiger partial charge in [0.05, 0.1) is 17.7 Å². The van der Waals surface area contributed by atoms with E-state index in [1.807, 2.05) is 39.0 Å². The van der Waals surface area contributed by atoms with Crippen LogP contribution in [0.25, 0.3) is 0 Å². The molecule has 1 N–H and O–H groups in total. The van der Waals surface area contributed by atoms with E-state index in [1.165, 1.54) is 11.1 Å². The van der Waals surface area contributed by atoms with Crippen LogP contribution in [0.4, 0.5) is 0 Å². The predicted octanol–water partition coefficient (Wildman–Crippen LogP) is 4.58. The molecule has 2 aromatic carbocycles. The number of benzene rings is 2. The molecule has 0 saturated heterocycles. The van der Waals surface area contributed by atoms with Gasteiger partial charge in [-0.15, -0.1) is 0 Å². The van der Waals surface area contributed by atoms with Crippen LogP contribution < -0.4 is 10.1 Å². The standard InChI is InChI=1S/C20H25NO2/c1-13(2)23-19-9-7-6-8-17(19)20(22)21-16(5)18-12-14(3)10-11-15(18)4/h6-13,16H,1-5H3,(H,21,22)/t16-/m1/s1. The van der Waals surface area contributed by atoms with Crippen molar-refractivity contribution in [3.05, 3.63) is 64.7 Å². The first-order valence-corrected chi connectivity index (χ1v) is 8.02.